The van der Waals surface area contributed by atoms with E-state index in [0.29, 0.717) is 0 Å². The monoisotopic (exact) mass is 277 g/mol. The van der Waals surface area contributed by atoms with Crippen molar-refractivity contribution in [3.8, 4) is 0 Å². The Morgan fingerprint density at radius 3 is 2.55 bits per heavy atom. The molecule has 0 amide bonds. The second-order valence-electron chi connectivity index (χ2n) is 5.53. The molecular weight excluding hydrogens is 246 g/mol. The molecule has 3 nitrogen and oxygen atoms in total. The maximum Gasteiger partial charge on any atom is 0.100 e. The van der Waals surface area contributed by atoms with Crippen LogP contribution in [0.1, 0.15) is 34.1 Å². The fraction of sp³-hybridized carbons (Fsp3) is 0.529. The molecule has 0 aliphatic rings. The Kier molecular flexibility index (Phi) is 9.56. The molecular formula is C17H31N3. The van der Waals surface area contributed by atoms with Crippen LogP contribution < -0.4 is 16.0 Å². The second-order valence-corrected chi connectivity index (χ2v) is 5.53. The lowest BCUT2D eigenvalue weighted by atomic mass is 9.90. The molecule has 0 aromatic heterocycles. The average Bonchev–Trinajstić information content (AvgIpc) is 2.45. The van der Waals surface area contributed by atoms with E-state index >= 15 is 0 Å². The largest absolute Gasteiger partial charge is 0.371 e. The molecule has 3 N–H and O–H groups in total. The van der Waals surface area contributed by atoms with E-state index in [0.717, 1.165) is 18.8 Å². The van der Waals surface area contributed by atoms with Crippen molar-refractivity contribution >= 4 is 0 Å². The van der Waals surface area contributed by atoms with E-state index in [1.54, 1.807) is 6.08 Å². The summed E-state index contributed by atoms with van der Waals surface area (Å²) < 4.78 is 0. The normalized spacial score (nSPS) is 14.8. The highest BCUT2D eigenvalue weighted by Crippen LogP contribution is 2.18. The van der Waals surface area contributed by atoms with Crippen molar-refractivity contribution < 1.29 is 0 Å². The Hall–Kier alpha value is -1.48. The Morgan fingerprint density at radius 1 is 1.35 bits per heavy atom. The standard InChI is InChI=1S/C17H31N3/c1-7-10-11-15(18-6)13-16(19-12-8-2)20-14-17(4,5)9-3/h7-8,10-13,15,18-20H,1,9,14H2,2-6H3/b11-10+,12-8-,16-13+. The summed E-state index contributed by atoms with van der Waals surface area (Å²) >= 11 is 0. The average molecular weight is 277 g/mol. The molecule has 0 aromatic rings. The van der Waals surface area contributed by atoms with E-state index in [4.69, 9.17) is 0 Å². The first kappa shape index (κ1) is 18.5. The molecule has 0 radical (unpaired) electrons. The molecule has 3 heteroatoms. The molecule has 0 saturated heterocycles. The van der Waals surface area contributed by atoms with Gasteiger partial charge in [0, 0.05) is 12.6 Å². The van der Waals surface area contributed by atoms with E-state index in [9.17, 15) is 0 Å². The molecule has 0 heterocycles. The predicted molar refractivity (Wildman–Crippen MR) is 90.3 cm³/mol. The summed E-state index contributed by atoms with van der Waals surface area (Å²) in [6, 6.07) is 0.165. The first-order chi connectivity index (χ1) is 9.49. The highest BCUT2D eigenvalue weighted by atomic mass is 15.1. The van der Waals surface area contributed by atoms with Gasteiger partial charge in [-0.15, -0.1) is 0 Å². The number of hydrogen-bond acceptors (Lipinski definition) is 3. The van der Waals surface area contributed by atoms with Crippen LogP contribution in [0.15, 0.2) is 49.0 Å². The smallest absolute Gasteiger partial charge is 0.100 e. The van der Waals surface area contributed by atoms with Crippen LogP contribution in [0.3, 0.4) is 0 Å². The van der Waals surface area contributed by atoms with Crippen molar-refractivity contribution in [3.05, 3.63) is 49.0 Å². The first-order valence-electron chi connectivity index (χ1n) is 7.29. The van der Waals surface area contributed by atoms with Crippen LogP contribution in [0.5, 0.6) is 0 Å². The summed E-state index contributed by atoms with van der Waals surface area (Å²) in [5, 5.41) is 10.0. The van der Waals surface area contributed by atoms with Crippen molar-refractivity contribution in [1.82, 2.24) is 16.0 Å². The van der Waals surface area contributed by atoms with Crippen molar-refractivity contribution in [3.63, 3.8) is 0 Å². The molecule has 0 aliphatic heterocycles. The highest BCUT2D eigenvalue weighted by Gasteiger charge is 2.15. The van der Waals surface area contributed by atoms with Gasteiger partial charge in [-0.25, -0.2) is 0 Å². The molecule has 0 fully saturated rings. The van der Waals surface area contributed by atoms with Crippen LogP contribution in [0, 0.1) is 5.41 Å². The van der Waals surface area contributed by atoms with Gasteiger partial charge in [0.25, 0.3) is 0 Å². The Balaban J connectivity index is 4.83. The summed E-state index contributed by atoms with van der Waals surface area (Å²) in [5.41, 5.74) is 0.281. The zero-order valence-corrected chi connectivity index (χ0v) is 13.7. The molecule has 1 unspecified atom stereocenters. The van der Waals surface area contributed by atoms with Gasteiger partial charge in [0.15, 0.2) is 0 Å². The molecule has 1 atom stereocenters. The van der Waals surface area contributed by atoms with Crippen molar-refractivity contribution in [2.24, 2.45) is 5.41 Å². The lowest BCUT2D eigenvalue weighted by Crippen LogP contribution is -2.34. The maximum absolute atomic E-state index is 3.70. The minimum Gasteiger partial charge on any atom is -0.371 e. The van der Waals surface area contributed by atoms with E-state index in [-0.39, 0.29) is 11.5 Å². The topological polar surface area (TPSA) is 36.1 Å². The predicted octanol–water partition coefficient (Wildman–Crippen LogP) is 3.31. The van der Waals surface area contributed by atoms with Crippen molar-refractivity contribution in [2.75, 3.05) is 13.6 Å². The van der Waals surface area contributed by atoms with Gasteiger partial charge in [-0.2, -0.15) is 0 Å². The molecule has 0 rings (SSSR count). The SMILES string of the molecule is C=C/C=C/C(/C=C(\N/C=C\C)NCC(C)(C)CC)NC. The fourth-order valence-electron chi connectivity index (χ4n) is 1.40. The third kappa shape index (κ3) is 8.59. The van der Waals surface area contributed by atoms with Crippen LogP contribution in [-0.4, -0.2) is 19.6 Å². The summed E-state index contributed by atoms with van der Waals surface area (Å²) in [5.74, 6) is 1.01. The molecule has 20 heavy (non-hydrogen) atoms. The highest BCUT2D eigenvalue weighted by molar-refractivity contribution is 5.15. The van der Waals surface area contributed by atoms with E-state index in [2.05, 4.69) is 55.5 Å². The Morgan fingerprint density at radius 2 is 2.05 bits per heavy atom. The lowest BCUT2D eigenvalue weighted by Gasteiger charge is -2.25. The Bertz CT molecular complexity index is 351. The van der Waals surface area contributed by atoms with Gasteiger partial charge >= 0.3 is 0 Å². The van der Waals surface area contributed by atoms with Gasteiger partial charge in [-0.05, 0) is 38.1 Å². The zero-order chi connectivity index (χ0) is 15.4. The minimum atomic E-state index is 0.165. The van der Waals surface area contributed by atoms with E-state index < -0.39 is 0 Å². The third-order valence-corrected chi connectivity index (χ3v) is 3.25. The van der Waals surface area contributed by atoms with Gasteiger partial charge < -0.3 is 16.0 Å². The maximum atomic E-state index is 3.70. The number of nitrogens with one attached hydrogen (secondary N) is 3. The quantitative estimate of drug-likeness (QED) is 0.536. The lowest BCUT2D eigenvalue weighted by molar-refractivity contribution is 0.338. The van der Waals surface area contributed by atoms with E-state index in [1.807, 2.05) is 32.3 Å². The third-order valence-electron chi connectivity index (χ3n) is 3.25. The van der Waals surface area contributed by atoms with Crippen molar-refractivity contribution in [1.29, 1.82) is 0 Å². The summed E-state index contributed by atoms with van der Waals surface area (Å²) in [7, 11) is 1.94. The van der Waals surface area contributed by atoms with Crippen LogP contribution in [0.25, 0.3) is 0 Å². The zero-order valence-electron chi connectivity index (χ0n) is 13.7. The number of allylic oxidation sites excluding steroid dienone is 3. The molecule has 0 bridgehead atoms. The summed E-state index contributed by atoms with van der Waals surface area (Å²) in [6.07, 6.45) is 13.0. The summed E-state index contributed by atoms with van der Waals surface area (Å²) in [4.78, 5) is 0. The van der Waals surface area contributed by atoms with Gasteiger partial charge in [-0.3, -0.25) is 0 Å². The van der Waals surface area contributed by atoms with Crippen molar-refractivity contribution in [2.45, 2.75) is 40.2 Å². The van der Waals surface area contributed by atoms with Gasteiger partial charge in [0.2, 0.25) is 0 Å². The molecule has 0 saturated carbocycles. The van der Waals surface area contributed by atoms with Crippen LogP contribution >= 0.6 is 0 Å². The van der Waals surface area contributed by atoms with Gasteiger partial charge in [0.1, 0.15) is 5.82 Å². The van der Waals surface area contributed by atoms with E-state index in [1.165, 1.54) is 0 Å². The van der Waals surface area contributed by atoms with Crippen LogP contribution in [0.2, 0.25) is 0 Å². The van der Waals surface area contributed by atoms with Crippen LogP contribution in [-0.2, 0) is 0 Å². The van der Waals surface area contributed by atoms with Crippen LogP contribution in [0.4, 0.5) is 0 Å². The summed E-state index contributed by atoms with van der Waals surface area (Å²) in [6.45, 7) is 13.4. The molecule has 114 valence electrons. The fourth-order valence-corrected chi connectivity index (χ4v) is 1.40. The number of likely N-dealkylation sites (N-methyl/N-ethyl adjacent to an activating group) is 1. The second kappa shape index (κ2) is 10.3. The number of rotatable bonds is 10. The number of hydrogen-bond donors (Lipinski definition) is 3. The van der Waals surface area contributed by atoms with Gasteiger partial charge in [0.05, 0.1) is 0 Å². The molecule has 0 aliphatic carbocycles. The Labute approximate surface area is 124 Å². The minimum absolute atomic E-state index is 0.165. The molecule has 0 aromatic carbocycles. The van der Waals surface area contributed by atoms with Gasteiger partial charge in [-0.1, -0.05) is 51.7 Å². The first-order valence-corrected chi connectivity index (χ1v) is 7.29. The molecule has 0 spiro atoms.